The van der Waals surface area contributed by atoms with Crippen molar-refractivity contribution >= 4 is 22.5 Å². The average Bonchev–Trinajstić information content (AvgIpc) is 2.69. The maximum atomic E-state index is 6.24. The fourth-order valence-corrected chi connectivity index (χ4v) is 3.53. The van der Waals surface area contributed by atoms with E-state index in [-0.39, 0.29) is 0 Å². The Balaban J connectivity index is 1.86. The van der Waals surface area contributed by atoms with Gasteiger partial charge in [-0.05, 0) is 43.2 Å². The van der Waals surface area contributed by atoms with E-state index >= 15 is 0 Å². The zero-order valence-electron chi connectivity index (χ0n) is 10.7. The lowest BCUT2D eigenvalue weighted by atomic mass is 9.83. The van der Waals surface area contributed by atoms with Gasteiger partial charge in [0.25, 0.3) is 0 Å². The van der Waals surface area contributed by atoms with Crippen molar-refractivity contribution in [1.82, 2.24) is 4.98 Å². The summed E-state index contributed by atoms with van der Waals surface area (Å²) in [6.45, 7) is 2.34. The first-order chi connectivity index (χ1) is 8.65. The van der Waals surface area contributed by atoms with Crippen LogP contribution in [-0.4, -0.2) is 10.4 Å². The van der Waals surface area contributed by atoms with Gasteiger partial charge in [0.05, 0.1) is 5.52 Å². The Bertz CT molecular complexity index is 566. The van der Waals surface area contributed by atoms with Gasteiger partial charge in [-0.1, -0.05) is 31.2 Å². The number of hydrogen-bond donors (Lipinski definition) is 0. The molecule has 1 aliphatic carbocycles. The van der Waals surface area contributed by atoms with Crippen LogP contribution in [0.15, 0.2) is 36.4 Å². The molecule has 2 unspecified atom stereocenters. The van der Waals surface area contributed by atoms with Gasteiger partial charge < -0.3 is 0 Å². The second-order valence-electron chi connectivity index (χ2n) is 5.82. The molecule has 1 aromatic carbocycles. The van der Waals surface area contributed by atoms with Crippen LogP contribution in [0.1, 0.15) is 31.9 Å². The summed E-state index contributed by atoms with van der Waals surface area (Å²) in [4.78, 5) is 4.77. The lowest BCUT2D eigenvalue weighted by molar-refractivity contribution is 0.332. The molecule has 3 rings (SSSR count). The van der Waals surface area contributed by atoms with Gasteiger partial charge in [-0.25, -0.2) is 0 Å². The van der Waals surface area contributed by atoms with Gasteiger partial charge in [-0.15, -0.1) is 11.6 Å². The molecule has 2 heteroatoms. The summed E-state index contributed by atoms with van der Waals surface area (Å²) in [5.74, 6) is 0. The molecule has 1 heterocycles. The highest BCUT2D eigenvalue weighted by Crippen LogP contribution is 2.42. The Hall–Kier alpha value is -1.08. The third-order valence-corrected chi connectivity index (χ3v) is 4.41. The average molecular weight is 260 g/mol. The first-order valence-corrected chi connectivity index (χ1v) is 7.07. The number of alkyl halides is 1. The first-order valence-electron chi connectivity index (χ1n) is 6.63. The number of fused-ring (bicyclic) bond motifs is 1. The highest BCUT2D eigenvalue weighted by Gasteiger charge is 2.34. The summed E-state index contributed by atoms with van der Waals surface area (Å²) >= 11 is 6.24. The number of benzene rings is 1. The van der Waals surface area contributed by atoms with Crippen LogP contribution in [-0.2, 0) is 6.42 Å². The van der Waals surface area contributed by atoms with Gasteiger partial charge in [-0.3, -0.25) is 4.98 Å². The summed E-state index contributed by atoms with van der Waals surface area (Å²) in [6, 6.07) is 12.6. The lowest BCUT2D eigenvalue weighted by Crippen LogP contribution is -2.16. The minimum Gasteiger partial charge on any atom is -0.253 e. The van der Waals surface area contributed by atoms with Gasteiger partial charge in [-0.2, -0.15) is 0 Å². The van der Waals surface area contributed by atoms with Crippen molar-refractivity contribution in [1.29, 1.82) is 0 Å². The first kappa shape index (κ1) is 12.0. The van der Waals surface area contributed by atoms with Gasteiger partial charge >= 0.3 is 0 Å². The molecule has 18 heavy (non-hydrogen) atoms. The Morgan fingerprint density at radius 1 is 1.28 bits per heavy atom. The normalized spacial score (nSPS) is 27.8. The van der Waals surface area contributed by atoms with Crippen LogP contribution in [0.3, 0.4) is 0 Å². The van der Waals surface area contributed by atoms with Gasteiger partial charge in [0.1, 0.15) is 0 Å². The number of pyridine rings is 1. The molecular formula is C16H18ClN. The number of hydrogen-bond acceptors (Lipinski definition) is 1. The van der Waals surface area contributed by atoms with E-state index in [0.717, 1.165) is 24.8 Å². The summed E-state index contributed by atoms with van der Waals surface area (Å²) in [5.41, 5.74) is 2.63. The van der Waals surface area contributed by atoms with E-state index in [0.29, 0.717) is 10.8 Å². The van der Waals surface area contributed by atoms with Crippen molar-refractivity contribution in [2.45, 2.75) is 38.0 Å². The largest absolute Gasteiger partial charge is 0.253 e. The van der Waals surface area contributed by atoms with E-state index in [1.165, 1.54) is 17.5 Å². The van der Waals surface area contributed by atoms with Crippen molar-refractivity contribution in [2.24, 2.45) is 5.41 Å². The van der Waals surface area contributed by atoms with E-state index in [4.69, 9.17) is 16.6 Å². The molecular weight excluding hydrogens is 242 g/mol. The molecule has 0 N–H and O–H groups in total. The fraction of sp³-hybridized carbons (Fsp3) is 0.438. The third-order valence-electron chi connectivity index (χ3n) is 4.04. The van der Waals surface area contributed by atoms with Crippen molar-refractivity contribution in [3.8, 4) is 0 Å². The van der Waals surface area contributed by atoms with E-state index in [2.05, 4.69) is 37.3 Å². The number of nitrogens with zero attached hydrogens (tertiary/aromatic N) is 1. The highest BCUT2D eigenvalue weighted by atomic mass is 35.5. The summed E-state index contributed by atoms with van der Waals surface area (Å²) < 4.78 is 0. The van der Waals surface area contributed by atoms with Gasteiger partial charge in [0.15, 0.2) is 0 Å². The number of rotatable bonds is 2. The molecule has 0 bridgehead atoms. The van der Waals surface area contributed by atoms with Crippen LogP contribution >= 0.6 is 11.6 Å². The molecule has 1 aromatic heterocycles. The summed E-state index contributed by atoms with van der Waals surface area (Å²) in [7, 11) is 0. The lowest BCUT2D eigenvalue weighted by Gasteiger charge is -2.23. The summed E-state index contributed by atoms with van der Waals surface area (Å²) in [5, 5.41) is 1.57. The highest BCUT2D eigenvalue weighted by molar-refractivity contribution is 6.20. The second kappa shape index (κ2) is 4.55. The zero-order valence-corrected chi connectivity index (χ0v) is 11.5. The number of para-hydroxylation sites is 1. The standard InChI is InChI=1S/C16H18ClN/c1-16(9-8-13(17)10-16)11-14-7-6-12-4-2-3-5-15(12)18-14/h2-7,13H,8-11H2,1H3. The molecule has 2 atom stereocenters. The monoisotopic (exact) mass is 259 g/mol. The molecule has 2 aromatic rings. The third kappa shape index (κ3) is 2.37. The van der Waals surface area contributed by atoms with Crippen LogP contribution < -0.4 is 0 Å². The molecule has 1 nitrogen and oxygen atoms in total. The van der Waals surface area contributed by atoms with Gasteiger partial charge in [0.2, 0.25) is 0 Å². The number of aromatic nitrogens is 1. The Labute approximate surface area is 113 Å². The van der Waals surface area contributed by atoms with E-state index in [9.17, 15) is 0 Å². The van der Waals surface area contributed by atoms with E-state index in [1.54, 1.807) is 0 Å². The molecule has 0 aliphatic heterocycles. The van der Waals surface area contributed by atoms with E-state index in [1.807, 2.05) is 6.07 Å². The zero-order chi connectivity index (χ0) is 12.6. The molecule has 0 spiro atoms. The smallest absolute Gasteiger partial charge is 0.0705 e. The SMILES string of the molecule is CC1(Cc2ccc3ccccc3n2)CCC(Cl)C1. The predicted molar refractivity (Wildman–Crippen MR) is 77.0 cm³/mol. The molecule has 94 valence electrons. The molecule has 1 aliphatic rings. The molecule has 1 saturated carbocycles. The minimum absolute atomic E-state index is 0.335. The van der Waals surface area contributed by atoms with Crippen LogP contribution in [0.2, 0.25) is 0 Å². The predicted octanol–water partition coefficient (Wildman–Crippen LogP) is 4.57. The summed E-state index contributed by atoms with van der Waals surface area (Å²) in [6.07, 6.45) is 4.52. The minimum atomic E-state index is 0.335. The molecule has 0 amide bonds. The van der Waals surface area contributed by atoms with Crippen LogP contribution in [0, 0.1) is 5.41 Å². The number of halogens is 1. The van der Waals surface area contributed by atoms with E-state index < -0.39 is 0 Å². The van der Waals surface area contributed by atoms with Crippen molar-refractivity contribution in [3.63, 3.8) is 0 Å². The molecule has 0 saturated heterocycles. The molecule has 0 radical (unpaired) electrons. The quantitative estimate of drug-likeness (QED) is 0.720. The topological polar surface area (TPSA) is 12.9 Å². The Morgan fingerprint density at radius 3 is 2.89 bits per heavy atom. The van der Waals surface area contributed by atoms with Crippen LogP contribution in [0.4, 0.5) is 0 Å². The Morgan fingerprint density at radius 2 is 2.11 bits per heavy atom. The van der Waals surface area contributed by atoms with Crippen LogP contribution in [0.25, 0.3) is 10.9 Å². The Kier molecular flexibility index (Phi) is 3.03. The van der Waals surface area contributed by atoms with Crippen molar-refractivity contribution in [2.75, 3.05) is 0 Å². The maximum absolute atomic E-state index is 6.24. The van der Waals surface area contributed by atoms with Gasteiger partial charge in [0, 0.05) is 16.5 Å². The fourth-order valence-electron chi connectivity index (χ4n) is 3.05. The maximum Gasteiger partial charge on any atom is 0.0705 e. The molecule has 1 fully saturated rings. The van der Waals surface area contributed by atoms with Crippen LogP contribution in [0.5, 0.6) is 0 Å². The second-order valence-corrected chi connectivity index (χ2v) is 6.44. The van der Waals surface area contributed by atoms with Crippen molar-refractivity contribution in [3.05, 3.63) is 42.1 Å². The van der Waals surface area contributed by atoms with Crippen molar-refractivity contribution < 1.29 is 0 Å².